The summed E-state index contributed by atoms with van der Waals surface area (Å²) in [4.78, 5) is 24.3. The molecule has 3 heteroatoms. The molecule has 0 unspecified atom stereocenters. The first-order chi connectivity index (χ1) is 7.84. The van der Waals surface area contributed by atoms with E-state index in [1.54, 1.807) is 11.9 Å². The lowest BCUT2D eigenvalue weighted by Crippen LogP contribution is -2.28. The number of aryl methyl sites for hydroxylation is 1. The molecule has 0 heterocycles. The summed E-state index contributed by atoms with van der Waals surface area (Å²) in [6.07, 6.45) is -0.0388. The molecule has 17 heavy (non-hydrogen) atoms. The number of Topliss-reactive ketones (excluding diaryl/α,β-unsaturated/α-hetero) is 1. The minimum absolute atomic E-state index is 0.0388. The fraction of sp³-hybridized carbons (Fsp3) is 0.429. The number of carbonyl (C=O) groups excluding carboxylic acids is 2. The van der Waals surface area contributed by atoms with Crippen molar-refractivity contribution < 1.29 is 9.59 Å². The number of rotatable bonds is 3. The minimum Gasteiger partial charge on any atom is -0.315 e. The van der Waals surface area contributed by atoms with Gasteiger partial charge in [-0.3, -0.25) is 9.59 Å². The molecule has 3 nitrogen and oxygen atoms in total. The van der Waals surface area contributed by atoms with Gasteiger partial charge in [-0.25, -0.2) is 0 Å². The first kappa shape index (κ1) is 13.4. The molecule has 0 fully saturated rings. The van der Waals surface area contributed by atoms with E-state index in [4.69, 9.17) is 0 Å². The zero-order chi connectivity index (χ0) is 13.2. The number of carbonyl (C=O) groups is 2. The highest BCUT2D eigenvalue weighted by molar-refractivity contribution is 6.05. The predicted molar refractivity (Wildman–Crippen MR) is 69.4 cm³/mol. The highest BCUT2D eigenvalue weighted by Crippen LogP contribution is 2.24. The predicted octanol–water partition coefficient (Wildman–Crippen LogP) is 2.55. The Morgan fingerprint density at radius 2 is 1.71 bits per heavy atom. The zero-order valence-electron chi connectivity index (χ0n) is 11.1. The monoisotopic (exact) mass is 233 g/mol. The van der Waals surface area contributed by atoms with E-state index in [0.717, 1.165) is 11.3 Å². The molecule has 1 aromatic rings. The van der Waals surface area contributed by atoms with E-state index < -0.39 is 0 Å². The van der Waals surface area contributed by atoms with E-state index in [0.29, 0.717) is 0 Å². The van der Waals surface area contributed by atoms with Gasteiger partial charge in [-0.2, -0.15) is 0 Å². The van der Waals surface area contributed by atoms with Crippen LogP contribution in [0.4, 0.5) is 5.69 Å². The molecule has 0 aliphatic carbocycles. The number of anilines is 1. The summed E-state index contributed by atoms with van der Waals surface area (Å²) in [6, 6.07) is 3.92. The summed E-state index contributed by atoms with van der Waals surface area (Å²) >= 11 is 0. The SMILES string of the molecule is CC(=O)CC(=O)N(C)c1ccc(C)c(C)c1C. The van der Waals surface area contributed by atoms with Crippen molar-refractivity contribution in [2.75, 3.05) is 11.9 Å². The number of ketones is 1. The lowest BCUT2D eigenvalue weighted by Gasteiger charge is -2.21. The van der Waals surface area contributed by atoms with Crippen LogP contribution < -0.4 is 4.90 Å². The Labute approximate surface area is 102 Å². The van der Waals surface area contributed by atoms with E-state index in [9.17, 15) is 9.59 Å². The second-order valence-corrected chi connectivity index (χ2v) is 4.48. The van der Waals surface area contributed by atoms with Crippen LogP contribution >= 0.6 is 0 Å². The van der Waals surface area contributed by atoms with Gasteiger partial charge in [0.15, 0.2) is 0 Å². The molecule has 0 radical (unpaired) electrons. The smallest absolute Gasteiger partial charge is 0.234 e. The molecule has 1 rings (SSSR count). The summed E-state index contributed by atoms with van der Waals surface area (Å²) in [7, 11) is 1.71. The molecule has 0 saturated carbocycles. The fourth-order valence-electron chi connectivity index (χ4n) is 1.77. The first-order valence-electron chi connectivity index (χ1n) is 5.67. The van der Waals surface area contributed by atoms with Crippen LogP contribution in [0.5, 0.6) is 0 Å². The molecule has 0 aromatic heterocycles. The van der Waals surface area contributed by atoms with Gasteiger partial charge in [0.05, 0.1) is 6.42 Å². The second kappa shape index (κ2) is 5.13. The Morgan fingerprint density at radius 1 is 1.12 bits per heavy atom. The van der Waals surface area contributed by atoms with Crippen LogP contribution in [-0.2, 0) is 9.59 Å². The summed E-state index contributed by atoms with van der Waals surface area (Å²) < 4.78 is 0. The Balaban J connectivity index is 3.05. The Bertz CT molecular complexity index is 464. The van der Waals surface area contributed by atoms with Crippen LogP contribution in [0.15, 0.2) is 12.1 Å². The normalized spacial score (nSPS) is 10.2. The first-order valence-corrected chi connectivity index (χ1v) is 5.67. The molecule has 1 amide bonds. The Morgan fingerprint density at radius 3 is 2.24 bits per heavy atom. The fourth-order valence-corrected chi connectivity index (χ4v) is 1.77. The van der Waals surface area contributed by atoms with Gasteiger partial charge in [-0.05, 0) is 50.5 Å². The maximum Gasteiger partial charge on any atom is 0.234 e. The molecule has 0 aliphatic rings. The summed E-state index contributed by atoms with van der Waals surface area (Å²) in [5.74, 6) is -0.271. The molecule has 0 N–H and O–H groups in total. The van der Waals surface area contributed by atoms with E-state index in [1.165, 1.54) is 18.1 Å². The second-order valence-electron chi connectivity index (χ2n) is 4.48. The largest absolute Gasteiger partial charge is 0.315 e. The number of benzene rings is 1. The van der Waals surface area contributed by atoms with Crippen molar-refractivity contribution in [1.29, 1.82) is 0 Å². The highest BCUT2D eigenvalue weighted by Gasteiger charge is 2.15. The van der Waals surface area contributed by atoms with E-state index in [1.807, 2.05) is 32.9 Å². The van der Waals surface area contributed by atoms with Gasteiger partial charge < -0.3 is 4.90 Å². The third kappa shape index (κ3) is 2.93. The standard InChI is InChI=1S/C14H19NO2/c1-9-6-7-13(12(4)11(9)3)15(5)14(17)8-10(2)16/h6-7H,8H2,1-5H3. The number of nitrogens with zero attached hydrogens (tertiary/aromatic N) is 1. The van der Waals surface area contributed by atoms with Crippen LogP contribution in [0.2, 0.25) is 0 Å². The molecule has 1 aromatic carbocycles. The maximum atomic E-state index is 11.8. The number of hydrogen-bond acceptors (Lipinski definition) is 2. The average Bonchev–Trinajstić information content (AvgIpc) is 2.24. The maximum absolute atomic E-state index is 11.8. The number of hydrogen-bond donors (Lipinski definition) is 0. The minimum atomic E-state index is -0.163. The van der Waals surface area contributed by atoms with Gasteiger partial charge in [-0.1, -0.05) is 6.07 Å². The third-order valence-corrected chi connectivity index (χ3v) is 3.17. The van der Waals surface area contributed by atoms with E-state index >= 15 is 0 Å². The topological polar surface area (TPSA) is 37.4 Å². The highest BCUT2D eigenvalue weighted by atomic mass is 16.2. The zero-order valence-corrected chi connectivity index (χ0v) is 11.1. The van der Waals surface area contributed by atoms with Crippen molar-refractivity contribution in [3.8, 4) is 0 Å². The van der Waals surface area contributed by atoms with E-state index in [-0.39, 0.29) is 18.1 Å². The summed E-state index contributed by atoms with van der Waals surface area (Å²) in [5, 5.41) is 0. The molecule has 0 bridgehead atoms. The summed E-state index contributed by atoms with van der Waals surface area (Å²) in [6.45, 7) is 7.51. The van der Waals surface area contributed by atoms with Crippen LogP contribution in [-0.4, -0.2) is 18.7 Å². The van der Waals surface area contributed by atoms with Crippen molar-refractivity contribution in [2.45, 2.75) is 34.1 Å². The van der Waals surface area contributed by atoms with Gasteiger partial charge in [-0.15, -0.1) is 0 Å². The molecular weight excluding hydrogens is 214 g/mol. The van der Waals surface area contributed by atoms with Gasteiger partial charge in [0.25, 0.3) is 0 Å². The lowest BCUT2D eigenvalue weighted by molar-refractivity contribution is -0.125. The Hall–Kier alpha value is -1.64. The number of amides is 1. The van der Waals surface area contributed by atoms with Crippen molar-refractivity contribution in [3.05, 3.63) is 28.8 Å². The quantitative estimate of drug-likeness (QED) is 0.752. The molecule has 0 spiro atoms. The van der Waals surface area contributed by atoms with Crippen molar-refractivity contribution in [2.24, 2.45) is 0 Å². The van der Waals surface area contributed by atoms with Gasteiger partial charge in [0, 0.05) is 12.7 Å². The van der Waals surface area contributed by atoms with E-state index in [2.05, 4.69) is 0 Å². The van der Waals surface area contributed by atoms with Crippen LogP contribution in [0.25, 0.3) is 0 Å². The van der Waals surface area contributed by atoms with Crippen molar-refractivity contribution in [3.63, 3.8) is 0 Å². The molecule has 92 valence electrons. The Kier molecular flexibility index (Phi) is 4.05. The molecule has 0 saturated heterocycles. The summed E-state index contributed by atoms with van der Waals surface area (Å²) in [5.41, 5.74) is 4.35. The van der Waals surface area contributed by atoms with Gasteiger partial charge >= 0.3 is 0 Å². The van der Waals surface area contributed by atoms with Crippen molar-refractivity contribution in [1.82, 2.24) is 0 Å². The molecule has 0 atom stereocenters. The third-order valence-electron chi connectivity index (χ3n) is 3.17. The van der Waals surface area contributed by atoms with Crippen molar-refractivity contribution >= 4 is 17.4 Å². The lowest BCUT2D eigenvalue weighted by atomic mass is 10.0. The van der Waals surface area contributed by atoms with Gasteiger partial charge in [0.2, 0.25) is 5.91 Å². The van der Waals surface area contributed by atoms with Crippen LogP contribution in [0.1, 0.15) is 30.0 Å². The molecular formula is C14H19NO2. The van der Waals surface area contributed by atoms with Crippen LogP contribution in [0, 0.1) is 20.8 Å². The van der Waals surface area contributed by atoms with Gasteiger partial charge in [0.1, 0.15) is 5.78 Å². The molecule has 0 aliphatic heterocycles. The van der Waals surface area contributed by atoms with Crippen LogP contribution in [0.3, 0.4) is 0 Å². The average molecular weight is 233 g/mol.